The fourth-order valence-corrected chi connectivity index (χ4v) is 7.53. The zero-order valence-electron chi connectivity index (χ0n) is 27.6. The third-order valence-corrected chi connectivity index (χ3v) is 9.99. The lowest BCUT2D eigenvalue weighted by Gasteiger charge is -2.12. The van der Waals surface area contributed by atoms with Gasteiger partial charge in [0.2, 0.25) is 0 Å². The van der Waals surface area contributed by atoms with E-state index in [1.807, 2.05) is 67.0 Å². The summed E-state index contributed by atoms with van der Waals surface area (Å²) in [5.74, 6) is 1.70. The van der Waals surface area contributed by atoms with Crippen molar-refractivity contribution in [2.45, 2.75) is 0 Å². The van der Waals surface area contributed by atoms with Crippen molar-refractivity contribution in [1.82, 2.24) is 19.9 Å². The highest BCUT2D eigenvalue weighted by Crippen LogP contribution is 2.43. The van der Waals surface area contributed by atoms with Crippen LogP contribution in [0.5, 0.6) is 0 Å². The summed E-state index contributed by atoms with van der Waals surface area (Å²) in [4.78, 5) is 20.1. The Morgan fingerprint density at radius 2 is 1.12 bits per heavy atom. The molecule has 0 N–H and O–H groups in total. The molecule has 11 aromatic rings. The predicted molar refractivity (Wildman–Crippen MR) is 209 cm³/mol. The summed E-state index contributed by atoms with van der Waals surface area (Å²) in [6.45, 7) is 0. The van der Waals surface area contributed by atoms with Crippen LogP contribution in [0.15, 0.2) is 167 Å². The highest BCUT2D eigenvalue weighted by molar-refractivity contribution is 6.18. The first-order chi connectivity index (χ1) is 25.7. The van der Waals surface area contributed by atoms with Crippen molar-refractivity contribution in [3.05, 3.63) is 158 Å². The maximum absolute atomic E-state index is 6.77. The van der Waals surface area contributed by atoms with E-state index in [1.54, 1.807) is 0 Å². The van der Waals surface area contributed by atoms with Gasteiger partial charge in [0.25, 0.3) is 0 Å². The minimum Gasteiger partial charge on any atom is -0.456 e. The Morgan fingerprint density at radius 1 is 0.385 bits per heavy atom. The van der Waals surface area contributed by atoms with Crippen LogP contribution in [0.25, 0.3) is 111 Å². The number of aromatic nitrogens is 4. The Hall–Kier alpha value is -7.18. The molecule has 0 amide bonds. The van der Waals surface area contributed by atoms with E-state index in [0.29, 0.717) is 17.5 Å². The molecule has 0 saturated heterocycles. The maximum atomic E-state index is 6.77. The molecule has 0 aliphatic carbocycles. The second kappa shape index (κ2) is 11.2. The van der Waals surface area contributed by atoms with Gasteiger partial charge in [0.05, 0.1) is 0 Å². The van der Waals surface area contributed by atoms with Crippen molar-refractivity contribution in [3.63, 3.8) is 0 Å². The van der Waals surface area contributed by atoms with Crippen LogP contribution in [0, 0.1) is 0 Å². The summed E-state index contributed by atoms with van der Waals surface area (Å²) in [5, 5.41) is 8.27. The fourth-order valence-electron chi connectivity index (χ4n) is 7.53. The van der Waals surface area contributed by atoms with Gasteiger partial charge in [-0.25, -0.2) is 15.0 Å². The zero-order chi connectivity index (χ0) is 34.2. The van der Waals surface area contributed by atoms with E-state index < -0.39 is 0 Å². The van der Waals surface area contributed by atoms with Crippen LogP contribution in [0.3, 0.4) is 0 Å². The van der Waals surface area contributed by atoms with Crippen LogP contribution >= 0.6 is 0 Å². The number of pyridine rings is 1. The number of hydrogen-bond acceptors (Lipinski definition) is 6. The minimum atomic E-state index is 0.556. The fraction of sp³-hybridized carbons (Fsp3) is 0. The SMILES string of the molecule is c1ccc(-c2ccc(-c3nc(-c4ccc5ccccc5c4)nc(-c4cccc5oc6ccccc6c45)n3)c3c2oc2cc4cnccc4cc23)cc1. The molecular weight excluding hydrogens is 641 g/mol. The lowest BCUT2D eigenvalue weighted by molar-refractivity contribution is 0.669. The van der Waals surface area contributed by atoms with E-state index in [0.717, 1.165) is 93.2 Å². The molecule has 4 aromatic heterocycles. The number of furan rings is 2. The molecule has 0 spiro atoms. The number of hydrogen-bond donors (Lipinski definition) is 0. The molecule has 52 heavy (non-hydrogen) atoms. The predicted octanol–water partition coefficient (Wildman–Crippen LogP) is 12.0. The van der Waals surface area contributed by atoms with Crippen LogP contribution in [-0.4, -0.2) is 19.9 Å². The maximum Gasteiger partial charge on any atom is 0.164 e. The van der Waals surface area contributed by atoms with Crippen LogP contribution in [0.2, 0.25) is 0 Å². The summed E-state index contributed by atoms with van der Waals surface area (Å²) in [6, 6.07) is 49.7. The van der Waals surface area contributed by atoms with Crippen LogP contribution in [0.4, 0.5) is 0 Å². The summed E-state index contributed by atoms with van der Waals surface area (Å²) in [5.41, 5.74) is 7.85. The highest BCUT2D eigenvalue weighted by Gasteiger charge is 2.22. The van der Waals surface area contributed by atoms with Crippen LogP contribution < -0.4 is 0 Å². The van der Waals surface area contributed by atoms with E-state index in [4.69, 9.17) is 23.8 Å². The van der Waals surface area contributed by atoms with Crippen molar-refractivity contribution in [2.75, 3.05) is 0 Å². The number of nitrogens with zero attached hydrogens (tertiary/aromatic N) is 4. The Morgan fingerprint density at radius 3 is 2.02 bits per heavy atom. The Balaban J connectivity index is 1.24. The van der Waals surface area contributed by atoms with Crippen molar-refractivity contribution >= 4 is 65.4 Å². The van der Waals surface area contributed by atoms with Gasteiger partial charge in [0, 0.05) is 61.6 Å². The first-order valence-electron chi connectivity index (χ1n) is 17.2. The molecule has 11 rings (SSSR count). The van der Waals surface area contributed by atoms with Crippen molar-refractivity contribution < 1.29 is 8.83 Å². The van der Waals surface area contributed by atoms with Gasteiger partial charge in [0.15, 0.2) is 17.5 Å². The molecule has 0 fully saturated rings. The molecule has 242 valence electrons. The largest absolute Gasteiger partial charge is 0.456 e. The van der Waals surface area contributed by atoms with Gasteiger partial charge < -0.3 is 8.83 Å². The molecule has 0 atom stereocenters. The average Bonchev–Trinajstić information content (AvgIpc) is 3.78. The number of para-hydroxylation sites is 1. The first kappa shape index (κ1) is 28.6. The summed E-state index contributed by atoms with van der Waals surface area (Å²) < 4.78 is 13.1. The molecule has 6 nitrogen and oxygen atoms in total. The average molecular weight is 667 g/mol. The van der Waals surface area contributed by atoms with Crippen molar-refractivity contribution in [2.24, 2.45) is 0 Å². The monoisotopic (exact) mass is 666 g/mol. The Labute approximate surface area is 296 Å². The standard InChI is InChI=1S/C46H26N4O2/c1-2-10-28(11-3-1)33-19-20-36(42-37-24-30-21-22-47-26-32(30)25-40(37)52-43(33)42)46-49-44(31-18-17-27-9-4-5-12-29(27)23-31)48-45(50-46)35-14-8-16-39-41(35)34-13-6-7-15-38(34)51-39/h1-26H. The molecular formula is C46H26N4O2. The molecule has 0 aliphatic heterocycles. The van der Waals surface area contributed by atoms with Gasteiger partial charge in [-0.05, 0) is 70.3 Å². The third kappa shape index (κ3) is 4.44. The molecule has 6 heteroatoms. The minimum absolute atomic E-state index is 0.556. The van der Waals surface area contributed by atoms with Gasteiger partial charge in [0.1, 0.15) is 22.3 Å². The van der Waals surface area contributed by atoms with E-state index in [1.165, 1.54) is 0 Å². The molecule has 0 unspecified atom stereocenters. The molecule has 7 aromatic carbocycles. The van der Waals surface area contributed by atoms with Gasteiger partial charge in [-0.3, -0.25) is 4.98 Å². The van der Waals surface area contributed by atoms with Crippen LogP contribution in [0.1, 0.15) is 0 Å². The molecule has 0 aliphatic rings. The number of rotatable bonds is 4. The molecule has 4 heterocycles. The van der Waals surface area contributed by atoms with E-state index in [2.05, 4.69) is 96.0 Å². The molecule has 0 saturated carbocycles. The van der Waals surface area contributed by atoms with Crippen molar-refractivity contribution in [3.8, 4) is 45.3 Å². The smallest absolute Gasteiger partial charge is 0.164 e. The zero-order valence-corrected chi connectivity index (χ0v) is 27.6. The number of benzene rings is 7. The molecule has 0 radical (unpaired) electrons. The summed E-state index contributed by atoms with van der Waals surface area (Å²) in [7, 11) is 0. The first-order valence-corrected chi connectivity index (χ1v) is 17.2. The van der Waals surface area contributed by atoms with Crippen molar-refractivity contribution in [1.29, 1.82) is 0 Å². The normalized spacial score (nSPS) is 11.8. The van der Waals surface area contributed by atoms with E-state index >= 15 is 0 Å². The molecule has 0 bridgehead atoms. The van der Waals surface area contributed by atoms with Gasteiger partial charge in [-0.1, -0.05) is 97.1 Å². The topological polar surface area (TPSA) is 77.8 Å². The number of fused-ring (bicyclic) bond motifs is 8. The third-order valence-electron chi connectivity index (χ3n) is 9.99. The second-order valence-electron chi connectivity index (χ2n) is 13.0. The second-order valence-corrected chi connectivity index (χ2v) is 13.0. The van der Waals surface area contributed by atoms with Gasteiger partial charge in [-0.15, -0.1) is 0 Å². The quantitative estimate of drug-likeness (QED) is 0.186. The van der Waals surface area contributed by atoms with E-state index in [9.17, 15) is 0 Å². The lowest BCUT2D eigenvalue weighted by Crippen LogP contribution is -2.01. The van der Waals surface area contributed by atoms with Gasteiger partial charge in [-0.2, -0.15) is 0 Å². The van der Waals surface area contributed by atoms with Crippen LogP contribution in [-0.2, 0) is 0 Å². The summed E-state index contributed by atoms with van der Waals surface area (Å²) in [6.07, 6.45) is 3.69. The van der Waals surface area contributed by atoms with E-state index in [-0.39, 0.29) is 0 Å². The Kier molecular flexibility index (Phi) is 6.15. The lowest BCUT2D eigenvalue weighted by atomic mass is 9.97. The highest BCUT2D eigenvalue weighted by atomic mass is 16.3. The summed E-state index contributed by atoms with van der Waals surface area (Å²) >= 11 is 0. The Bertz CT molecular complexity index is 3200. The van der Waals surface area contributed by atoms with Gasteiger partial charge >= 0.3 is 0 Å².